The van der Waals surface area contributed by atoms with E-state index in [-0.39, 0.29) is 6.10 Å². The van der Waals surface area contributed by atoms with Gasteiger partial charge in [0.25, 0.3) is 0 Å². The molecule has 0 amide bonds. The minimum atomic E-state index is 0.140. The maximum absolute atomic E-state index is 5.90. The zero-order valence-corrected chi connectivity index (χ0v) is 10.5. The van der Waals surface area contributed by atoms with Gasteiger partial charge < -0.3 is 10.1 Å². The second-order valence-electron chi connectivity index (χ2n) is 3.98. The Morgan fingerprint density at radius 1 is 1.29 bits per heavy atom. The highest BCUT2D eigenvalue weighted by molar-refractivity contribution is 5.34. The third-order valence-electron chi connectivity index (χ3n) is 2.39. The van der Waals surface area contributed by atoms with Crippen molar-refractivity contribution in [3.8, 4) is 5.75 Å². The number of nitrogens with one attached hydrogen (secondary N) is 1. The Morgan fingerprint density at radius 2 is 2.06 bits per heavy atom. The van der Waals surface area contributed by atoms with E-state index in [1.165, 1.54) is 5.56 Å². The molecule has 1 N–H and O–H groups in total. The fraction of sp³-hybridized carbons (Fsp3) is 0.333. The van der Waals surface area contributed by atoms with Crippen LogP contribution in [0.15, 0.2) is 49.6 Å². The van der Waals surface area contributed by atoms with Gasteiger partial charge in [0, 0.05) is 13.1 Å². The number of allylic oxidation sites excluding steroid dienone is 1. The van der Waals surface area contributed by atoms with Gasteiger partial charge in [0.2, 0.25) is 0 Å². The summed E-state index contributed by atoms with van der Waals surface area (Å²) in [5, 5.41) is 3.24. The van der Waals surface area contributed by atoms with Crippen molar-refractivity contribution in [3.05, 3.63) is 55.1 Å². The highest BCUT2D eigenvalue weighted by Crippen LogP contribution is 2.19. The highest BCUT2D eigenvalue weighted by atomic mass is 16.5. The van der Waals surface area contributed by atoms with E-state index in [1.807, 2.05) is 30.4 Å². The molecule has 0 spiro atoms. The predicted molar refractivity (Wildman–Crippen MR) is 73.5 cm³/mol. The lowest BCUT2D eigenvalue weighted by molar-refractivity contribution is 0.217. The van der Waals surface area contributed by atoms with Crippen LogP contribution in [0.5, 0.6) is 5.75 Å². The molecule has 0 radical (unpaired) electrons. The van der Waals surface area contributed by atoms with Gasteiger partial charge in [-0.15, -0.1) is 13.2 Å². The quantitative estimate of drug-likeness (QED) is 0.548. The number of hydrogen-bond acceptors (Lipinski definition) is 2. The van der Waals surface area contributed by atoms with Gasteiger partial charge in [-0.1, -0.05) is 30.4 Å². The van der Waals surface area contributed by atoms with Gasteiger partial charge in [-0.2, -0.15) is 0 Å². The van der Waals surface area contributed by atoms with Gasteiger partial charge in [-0.3, -0.25) is 0 Å². The Bertz CT molecular complexity index is 360. The molecule has 1 atom stereocenters. The summed E-state index contributed by atoms with van der Waals surface area (Å²) in [6.07, 6.45) is 4.71. The largest absolute Gasteiger partial charge is 0.489 e. The Labute approximate surface area is 104 Å². The minimum Gasteiger partial charge on any atom is -0.489 e. The molecule has 0 heterocycles. The van der Waals surface area contributed by atoms with Crippen molar-refractivity contribution < 1.29 is 4.74 Å². The molecule has 0 aliphatic carbocycles. The summed E-state index contributed by atoms with van der Waals surface area (Å²) in [6, 6.07) is 8.09. The van der Waals surface area contributed by atoms with Crippen LogP contribution in [0.25, 0.3) is 0 Å². The third-order valence-corrected chi connectivity index (χ3v) is 2.39. The van der Waals surface area contributed by atoms with Crippen molar-refractivity contribution in [2.45, 2.75) is 19.4 Å². The lowest BCUT2D eigenvalue weighted by atomic mass is 10.1. The number of ether oxygens (including phenoxy) is 1. The molecule has 1 rings (SSSR count). The normalized spacial score (nSPS) is 11.8. The van der Waals surface area contributed by atoms with Crippen LogP contribution in [0.1, 0.15) is 12.5 Å². The van der Waals surface area contributed by atoms with Crippen molar-refractivity contribution >= 4 is 0 Å². The third kappa shape index (κ3) is 4.87. The second kappa shape index (κ2) is 7.69. The number of rotatable bonds is 8. The van der Waals surface area contributed by atoms with E-state index in [0.29, 0.717) is 0 Å². The van der Waals surface area contributed by atoms with Gasteiger partial charge in [0.05, 0.1) is 0 Å². The molecule has 92 valence electrons. The SMILES string of the molecule is C=CCNCC(C)Oc1ccccc1CC=C. The van der Waals surface area contributed by atoms with E-state index < -0.39 is 0 Å². The molecule has 0 aromatic heterocycles. The van der Waals surface area contributed by atoms with Crippen molar-refractivity contribution in [1.82, 2.24) is 5.32 Å². The predicted octanol–water partition coefficient (Wildman–Crippen LogP) is 2.96. The van der Waals surface area contributed by atoms with E-state index >= 15 is 0 Å². The van der Waals surface area contributed by atoms with Crippen molar-refractivity contribution in [3.63, 3.8) is 0 Å². The fourth-order valence-corrected chi connectivity index (χ4v) is 1.59. The topological polar surface area (TPSA) is 21.3 Å². The molecule has 0 fully saturated rings. The van der Waals surface area contributed by atoms with Crippen molar-refractivity contribution in [2.24, 2.45) is 0 Å². The first-order valence-electron chi connectivity index (χ1n) is 5.95. The zero-order chi connectivity index (χ0) is 12.5. The Kier molecular flexibility index (Phi) is 6.12. The van der Waals surface area contributed by atoms with Crippen LogP contribution < -0.4 is 10.1 Å². The van der Waals surface area contributed by atoms with Crippen LogP contribution in [-0.2, 0) is 6.42 Å². The van der Waals surface area contributed by atoms with E-state index in [2.05, 4.69) is 31.5 Å². The number of hydrogen-bond donors (Lipinski definition) is 1. The molecule has 0 aliphatic rings. The lowest BCUT2D eigenvalue weighted by Crippen LogP contribution is -2.29. The van der Waals surface area contributed by atoms with Crippen LogP contribution in [0.2, 0.25) is 0 Å². The number of para-hydroxylation sites is 1. The Morgan fingerprint density at radius 3 is 2.76 bits per heavy atom. The first kappa shape index (κ1) is 13.5. The van der Waals surface area contributed by atoms with E-state index in [1.54, 1.807) is 0 Å². The lowest BCUT2D eigenvalue weighted by Gasteiger charge is -2.17. The molecule has 2 nitrogen and oxygen atoms in total. The monoisotopic (exact) mass is 231 g/mol. The van der Waals surface area contributed by atoms with Gasteiger partial charge in [-0.05, 0) is 25.0 Å². The number of benzene rings is 1. The molecule has 0 saturated carbocycles. The van der Waals surface area contributed by atoms with Gasteiger partial charge in [0.15, 0.2) is 0 Å². The second-order valence-corrected chi connectivity index (χ2v) is 3.98. The van der Waals surface area contributed by atoms with E-state index in [0.717, 1.165) is 25.3 Å². The molecule has 0 aliphatic heterocycles. The molecular formula is C15H21NO. The maximum Gasteiger partial charge on any atom is 0.123 e. The first-order valence-corrected chi connectivity index (χ1v) is 5.95. The minimum absolute atomic E-state index is 0.140. The molecule has 0 saturated heterocycles. The summed E-state index contributed by atoms with van der Waals surface area (Å²) >= 11 is 0. The zero-order valence-electron chi connectivity index (χ0n) is 10.5. The standard InChI is InChI=1S/C15H21NO/c1-4-8-14-9-6-7-10-15(14)17-13(3)12-16-11-5-2/h4-7,9-10,13,16H,1-2,8,11-12H2,3H3. The van der Waals surface area contributed by atoms with Crippen LogP contribution in [0.3, 0.4) is 0 Å². The summed E-state index contributed by atoms with van der Waals surface area (Å²) in [7, 11) is 0. The smallest absolute Gasteiger partial charge is 0.123 e. The van der Waals surface area contributed by atoms with Crippen LogP contribution in [0, 0.1) is 0 Å². The van der Waals surface area contributed by atoms with E-state index in [9.17, 15) is 0 Å². The molecule has 1 aromatic rings. The van der Waals surface area contributed by atoms with E-state index in [4.69, 9.17) is 4.74 Å². The van der Waals surface area contributed by atoms with Crippen LogP contribution in [0.4, 0.5) is 0 Å². The Hall–Kier alpha value is -1.54. The van der Waals surface area contributed by atoms with Crippen LogP contribution >= 0.6 is 0 Å². The van der Waals surface area contributed by atoms with Gasteiger partial charge in [0.1, 0.15) is 11.9 Å². The molecule has 17 heavy (non-hydrogen) atoms. The van der Waals surface area contributed by atoms with Crippen LogP contribution in [-0.4, -0.2) is 19.2 Å². The molecule has 0 bridgehead atoms. The summed E-state index contributed by atoms with van der Waals surface area (Å²) in [5.41, 5.74) is 1.18. The van der Waals surface area contributed by atoms with Gasteiger partial charge >= 0.3 is 0 Å². The average Bonchev–Trinajstić information content (AvgIpc) is 2.32. The summed E-state index contributed by atoms with van der Waals surface area (Å²) in [5.74, 6) is 0.945. The molecule has 1 unspecified atom stereocenters. The van der Waals surface area contributed by atoms with Crippen molar-refractivity contribution in [1.29, 1.82) is 0 Å². The first-order chi connectivity index (χ1) is 8.27. The summed E-state index contributed by atoms with van der Waals surface area (Å²) in [6.45, 7) is 11.1. The average molecular weight is 231 g/mol. The maximum atomic E-state index is 5.90. The molecule has 2 heteroatoms. The summed E-state index contributed by atoms with van der Waals surface area (Å²) < 4.78 is 5.90. The van der Waals surface area contributed by atoms with Crippen molar-refractivity contribution in [2.75, 3.05) is 13.1 Å². The molecule has 1 aromatic carbocycles. The Balaban J connectivity index is 2.54. The fourth-order valence-electron chi connectivity index (χ4n) is 1.59. The van der Waals surface area contributed by atoms with Gasteiger partial charge in [-0.25, -0.2) is 0 Å². The highest BCUT2D eigenvalue weighted by Gasteiger charge is 2.06. The molecular weight excluding hydrogens is 210 g/mol. The summed E-state index contributed by atoms with van der Waals surface area (Å²) in [4.78, 5) is 0.